The van der Waals surface area contributed by atoms with E-state index in [4.69, 9.17) is 18.5 Å². The fourth-order valence-corrected chi connectivity index (χ4v) is 5.20. The van der Waals surface area contributed by atoms with Crippen molar-refractivity contribution in [2.75, 3.05) is 13.2 Å². The Morgan fingerprint density at radius 3 is 2.61 bits per heavy atom. The molecule has 1 unspecified atom stereocenters. The molecule has 0 radical (unpaired) electrons. The Morgan fingerprint density at radius 1 is 1.33 bits per heavy atom. The number of halogens is 1. The highest BCUT2D eigenvalue weighted by Crippen LogP contribution is 2.46. The van der Waals surface area contributed by atoms with Crippen molar-refractivity contribution in [1.29, 1.82) is 0 Å². The zero-order valence-electron chi connectivity index (χ0n) is 20.4. The molecule has 2 saturated heterocycles. The molecule has 0 spiro atoms. The highest BCUT2D eigenvalue weighted by Gasteiger charge is 2.58. The van der Waals surface area contributed by atoms with E-state index in [9.17, 15) is 24.1 Å². The highest BCUT2D eigenvalue weighted by atomic mass is 31.2. The summed E-state index contributed by atoms with van der Waals surface area (Å²) in [6.07, 6.45) is -5.14. The summed E-state index contributed by atoms with van der Waals surface area (Å²) in [5.74, 6) is -1.05. The standard InChI is InChI=1S/C22H31FN3O9P/c1-13(2)33-19(29)14(3)25-36(31,35-15-8-6-5-7-9-15)32-12-16-18(28)22(4,23)20(34-16)26-11-10-17(27)24-21(26)30/h5-9,13-14,16,18,20,28H,10-12H2,1-4H3,(H,25,31)(H,24,27,30)/t14-,16+,18+,20-,22+,36?/m0/s1. The Bertz CT molecular complexity index is 1010. The minimum absolute atomic E-state index is 0.0622. The van der Waals surface area contributed by atoms with E-state index in [1.54, 1.807) is 32.0 Å². The van der Waals surface area contributed by atoms with Crippen molar-refractivity contribution in [3.05, 3.63) is 30.3 Å². The van der Waals surface area contributed by atoms with E-state index in [1.165, 1.54) is 19.1 Å². The van der Waals surface area contributed by atoms with Gasteiger partial charge in [0.05, 0.1) is 12.7 Å². The topological polar surface area (TPSA) is 153 Å². The minimum Gasteiger partial charge on any atom is -0.462 e. The van der Waals surface area contributed by atoms with Gasteiger partial charge in [-0.1, -0.05) is 18.2 Å². The molecule has 2 fully saturated rings. The maximum Gasteiger partial charge on any atom is 0.459 e. The lowest BCUT2D eigenvalue weighted by molar-refractivity contribution is -0.149. The van der Waals surface area contributed by atoms with Gasteiger partial charge in [0.1, 0.15) is 24.0 Å². The zero-order valence-corrected chi connectivity index (χ0v) is 21.3. The third-order valence-corrected chi connectivity index (χ3v) is 7.17. The Labute approximate surface area is 208 Å². The predicted molar refractivity (Wildman–Crippen MR) is 123 cm³/mol. The van der Waals surface area contributed by atoms with Crippen LogP contribution in [-0.4, -0.2) is 77.3 Å². The SMILES string of the molecule is CC(C)OC(=O)[C@H](C)NP(=O)(OC[C@H]1O[C@H](N2CCC(=O)NC2=O)[C@](C)(F)[C@@H]1O)Oc1ccccc1. The van der Waals surface area contributed by atoms with Crippen LogP contribution in [0.1, 0.15) is 34.1 Å². The largest absolute Gasteiger partial charge is 0.462 e. The quantitative estimate of drug-likeness (QED) is 0.301. The smallest absolute Gasteiger partial charge is 0.459 e. The number of benzene rings is 1. The second-order valence-corrected chi connectivity index (χ2v) is 10.6. The Balaban J connectivity index is 1.74. The first-order chi connectivity index (χ1) is 16.8. The lowest BCUT2D eigenvalue weighted by Gasteiger charge is -2.35. The van der Waals surface area contributed by atoms with Gasteiger partial charge in [-0.15, -0.1) is 0 Å². The maximum absolute atomic E-state index is 15.5. The molecule has 6 atom stereocenters. The third kappa shape index (κ3) is 6.60. The molecule has 12 nitrogen and oxygen atoms in total. The normalized spacial score (nSPS) is 29.0. The number of alkyl halides is 1. The number of nitrogens with zero attached hydrogens (tertiary/aromatic N) is 1. The number of hydrogen-bond acceptors (Lipinski definition) is 9. The molecule has 0 saturated carbocycles. The Hall–Kier alpha value is -2.57. The first-order valence-electron chi connectivity index (χ1n) is 11.4. The number of carbonyl (C=O) groups excluding carboxylic acids is 3. The van der Waals surface area contributed by atoms with E-state index >= 15 is 4.39 Å². The molecule has 0 aromatic heterocycles. The van der Waals surface area contributed by atoms with E-state index in [2.05, 4.69) is 10.4 Å². The number of esters is 1. The summed E-state index contributed by atoms with van der Waals surface area (Å²) in [4.78, 5) is 36.8. The lowest BCUT2D eigenvalue weighted by Crippen LogP contribution is -2.59. The van der Waals surface area contributed by atoms with Crippen molar-refractivity contribution in [1.82, 2.24) is 15.3 Å². The number of amides is 3. The number of ether oxygens (including phenoxy) is 2. The van der Waals surface area contributed by atoms with Crippen LogP contribution in [0.3, 0.4) is 0 Å². The molecule has 0 bridgehead atoms. The molecular formula is C22H31FN3O9P. The van der Waals surface area contributed by atoms with E-state index in [0.29, 0.717) is 0 Å². The van der Waals surface area contributed by atoms with Crippen LogP contribution < -0.4 is 14.9 Å². The number of aliphatic hydroxyl groups excluding tert-OH is 1. The summed E-state index contributed by atoms with van der Waals surface area (Å²) in [5, 5.41) is 15.1. The number of aliphatic hydroxyl groups is 1. The van der Waals surface area contributed by atoms with Crippen LogP contribution in [0.15, 0.2) is 30.3 Å². The van der Waals surface area contributed by atoms with E-state index in [0.717, 1.165) is 11.8 Å². The number of urea groups is 1. The lowest BCUT2D eigenvalue weighted by atomic mass is 9.97. The first-order valence-corrected chi connectivity index (χ1v) is 13.0. The van der Waals surface area contributed by atoms with Crippen molar-refractivity contribution in [2.24, 2.45) is 0 Å². The fourth-order valence-electron chi connectivity index (χ4n) is 3.70. The number of nitrogens with one attached hydrogen (secondary N) is 2. The van der Waals surface area contributed by atoms with Crippen molar-refractivity contribution >= 4 is 25.7 Å². The van der Waals surface area contributed by atoms with Gasteiger partial charge in [-0.3, -0.25) is 24.3 Å². The van der Waals surface area contributed by atoms with E-state index < -0.39 is 68.5 Å². The average molecular weight is 531 g/mol. The zero-order chi connectivity index (χ0) is 26.7. The van der Waals surface area contributed by atoms with Gasteiger partial charge in [0, 0.05) is 13.0 Å². The summed E-state index contributed by atoms with van der Waals surface area (Å²) < 4.78 is 50.7. The number of para-hydroxylation sites is 1. The van der Waals surface area contributed by atoms with Gasteiger partial charge in [0.15, 0.2) is 11.9 Å². The molecule has 2 aliphatic rings. The fraction of sp³-hybridized carbons (Fsp3) is 0.591. The van der Waals surface area contributed by atoms with Gasteiger partial charge in [-0.25, -0.2) is 13.8 Å². The Morgan fingerprint density at radius 2 is 2.00 bits per heavy atom. The van der Waals surface area contributed by atoms with Crippen LogP contribution in [0, 0.1) is 0 Å². The van der Waals surface area contributed by atoms with Crippen LogP contribution in [0.2, 0.25) is 0 Å². The molecule has 2 heterocycles. The summed E-state index contributed by atoms with van der Waals surface area (Å²) in [7, 11) is -4.29. The van der Waals surface area contributed by atoms with Crippen molar-refractivity contribution in [3.63, 3.8) is 0 Å². The molecule has 0 aliphatic carbocycles. The second-order valence-electron chi connectivity index (χ2n) is 8.95. The first kappa shape index (κ1) is 28.0. The van der Waals surface area contributed by atoms with E-state index in [-0.39, 0.29) is 18.7 Å². The third-order valence-electron chi connectivity index (χ3n) is 5.52. The number of imide groups is 1. The molecule has 14 heteroatoms. The molecule has 3 amide bonds. The monoisotopic (exact) mass is 531 g/mol. The van der Waals surface area contributed by atoms with Crippen LogP contribution in [-0.2, 0) is 28.2 Å². The summed E-state index contributed by atoms with van der Waals surface area (Å²) >= 11 is 0. The molecule has 2 aliphatic heterocycles. The number of hydrogen-bond donors (Lipinski definition) is 3. The predicted octanol–water partition coefficient (Wildman–Crippen LogP) is 1.88. The molecule has 1 aromatic rings. The van der Waals surface area contributed by atoms with Gasteiger partial charge in [-0.2, -0.15) is 5.09 Å². The van der Waals surface area contributed by atoms with Gasteiger partial charge >= 0.3 is 19.7 Å². The minimum atomic E-state index is -4.29. The van der Waals surface area contributed by atoms with Crippen molar-refractivity contribution in [3.8, 4) is 5.75 Å². The van der Waals surface area contributed by atoms with Gasteiger partial charge < -0.3 is 19.1 Å². The summed E-state index contributed by atoms with van der Waals surface area (Å²) in [6.45, 7) is 5.04. The van der Waals surface area contributed by atoms with Crippen molar-refractivity contribution < 1.29 is 47.0 Å². The van der Waals surface area contributed by atoms with Crippen LogP contribution in [0.5, 0.6) is 5.75 Å². The highest BCUT2D eigenvalue weighted by molar-refractivity contribution is 7.52. The number of rotatable bonds is 10. The summed E-state index contributed by atoms with van der Waals surface area (Å²) in [5.41, 5.74) is -2.43. The maximum atomic E-state index is 15.5. The average Bonchev–Trinajstić information content (AvgIpc) is 3.01. The van der Waals surface area contributed by atoms with Crippen molar-refractivity contribution in [2.45, 2.75) is 70.4 Å². The summed E-state index contributed by atoms with van der Waals surface area (Å²) in [6, 6.07) is 6.04. The van der Waals surface area contributed by atoms with Crippen LogP contribution in [0.25, 0.3) is 0 Å². The molecule has 200 valence electrons. The second kappa shape index (κ2) is 11.2. The van der Waals surface area contributed by atoms with E-state index in [1.807, 2.05) is 0 Å². The molecule has 3 rings (SSSR count). The Kier molecular flexibility index (Phi) is 8.73. The molecule has 3 N–H and O–H groups in total. The molecule has 1 aromatic carbocycles. The number of carbonyl (C=O) groups is 3. The molecule has 36 heavy (non-hydrogen) atoms. The molecular weight excluding hydrogens is 500 g/mol. The van der Waals surface area contributed by atoms with Crippen LogP contribution in [0.4, 0.5) is 9.18 Å². The van der Waals surface area contributed by atoms with Gasteiger partial charge in [0.25, 0.3) is 0 Å². The van der Waals surface area contributed by atoms with Gasteiger partial charge in [-0.05, 0) is 39.8 Å². The van der Waals surface area contributed by atoms with Gasteiger partial charge in [0.2, 0.25) is 5.91 Å². The van der Waals surface area contributed by atoms with Crippen LogP contribution >= 0.6 is 7.75 Å².